The number of hydrogen-bond acceptors (Lipinski definition) is 1. The molecule has 2 aromatic rings. The fourth-order valence-electron chi connectivity index (χ4n) is 3.96. The van der Waals surface area contributed by atoms with Gasteiger partial charge in [0, 0.05) is 23.1 Å². The third-order valence-electron chi connectivity index (χ3n) is 5.27. The topological polar surface area (TPSA) is 13.1 Å². The van der Waals surface area contributed by atoms with Crippen molar-refractivity contribution in [3.8, 4) is 17.0 Å². The van der Waals surface area contributed by atoms with Gasteiger partial charge in [-0.05, 0) is 23.4 Å². The summed E-state index contributed by atoms with van der Waals surface area (Å²) < 4.78 is 8.57. The number of hydrogen-bond donors (Lipinski definition) is 0. The Labute approximate surface area is 138 Å². The van der Waals surface area contributed by atoms with E-state index in [1.165, 1.54) is 27.6 Å². The minimum Gasteiger partial charge on any atom is -0.485 e. The molecule has 3 heteroatoms. The lowest BCUT2D eigenvalue weighted by Gasteiger charge is -2.14. The predicted octanol–water partition coefficient (Wildman–Crippen LogP) is 2.67. The van der Waals surface area contributed by atoms with Crippen LogP contribution in [-0.2, 0) is 6.54 Å². The van der Waals surface area contributed by atoms with Gasteiger partial charge in [0.05, 0.1) is 14.4 Å². The van der Waals surface area contributed by atoms with E-state index >= 15 is 0 Å². The molecule has 0 bridgehead atoms. The van der Waals surface area contributed by atoms with Gasteiger partial charge in [-0.2, -0.15) is 4.57 Å². The number of aromatic nitrogens is 1. The Balaban J connectivity index is 1.62. The van der Waals surface area contributed by atoms with E-state index in [0.717, 1.165) is 12.3 Å². The third-order valence-corrected chi connectivity index (χ3v) is 6.95. The smallest absolute Gasteiger partial charge is 0.213 e. The third kappa shape index (κ3) is 1.89. The SMILES string of the molecule is C[SiH](C)c1ccc2[n+](c1)Cc1cc3c(cc1-2)C1C=CC=CC1O3. The van der Waals surface area contributed by atoms with E-state index in [1.54, 1.807) is 0 Å². The van der Waals surface area contributed by atoms with Gasteiger partial charge < -0.3 is 4.74 Å². The van der Waals surface area contributed by atoms with Crippen LogP contribution >= 0.6 is 0 Å². The molecule has 0 N–H and O–H groups in total. The molecule has 1 aromatic heterocycles. The van der Waals surface area contributed by atoms with Crippen LogP contribution in [0.2, 0.25) is 13.1 Å². The highest BCUT2D eigenvalue weighted by Crippen LogP contribution is 2.44. The van der Waals surface area contributed by atoms with E-state index in [2.05, 4.69) is 72.4 Å². The van der Waals surface area contributed by atoms with Gasteiger partial charge >= 0.3 is 0 Å². The van der Waals surface area contributed by atoms with Gasteiger partial charge in [-0.15, -0.1) is 0 Å². The standard InChI is InChI=1S/C20H20NOSi/c1-23(2)14-7-8-18-16-10-17-15-5-3-4-6-19(15)22-20(17)9-13(16)11-21(18)12-14/h3-10,12,15,19,23H,11H2,1-2H3/q+1. The van der Waals surface area contributed by atoms with Crippen LogP contribution in [0.3, 0.4) is 0 Å². The molecule has 0 amide bonds. The number of allylic oxidation sites excluding steroid dienone is 2. The Kier molecular flexibility index (Phi) is 2.71. The Bertz CT molecular complexity index is 881. The van der Waals surface area contributed by atoms with Gasteiger partial charge in [-0.1, -0.05) is 37.4 Å². The summed E-state index contributed by atoms with van der Waals surface area (Å²) in [4.78, 5) is 0. The van der Waals surface area contributed by atoms with Gasteiger partial charge in [0.25, 0.3) is 0 Å². The molecule has 3 aliphatic rings. The first-order valence-corrected chi connectivity index (χ1v) is 11.3. The number of nitrogens with zero attached hydrogens (tertiary/aromatic N) is 1. The average Bonchev–Trinajstić information content (AvgIpc) is 3.09. The minimum absolute atomic E-state index is 0.180. The second-order valence-corrected chi connectivity index (χ2v) is 10.0. The van der Waals surface area contributed by atoms with Crippen LogP contribution in [0.25, 0.3) is 11.3 Å². The molecule has 2 atom stereocenters. The summed E-state index contributed by atoms with van der Waals surface area (Å²) in [5, 5.41) is 1.53. The van der Waals surface area contributed by atoms with Crippen molar-refractivity contribution in [3.05, 3.63) is 65.9 Å². The fourth-order valence-corrected chi connectivity index (χ4v) is 4.92. The summed E-state index contributed by atoms with van der Waals surface area (Å²) in [5.41, 5.74) is 5.45. The molecule has 2 nitrogen and oxygen atoms in total. The van der Waals surface area contributed by atoms with Gasteiger partial charge in [0.2, 0.25) is 5.69 Å². The molecule has 1 aromatic carbocycles. The second kappa shape index (κ2) is 4.68. The average molecular weight is 318 g/mol. The number of fused-ring (bicyclic) bond motifs is 6. The summed E-state index contributed by atoms with van der Waals surface area (Å²) in [7, 11) is -0.758. The molecule has 3 heterocycles. The normalized spacial score (nSPS) is 22.6. The summed E-state index contributed by atoms with van der Waals surface area (Å²) in [6.45, 7) is 5.74. The molecular weight excluding hydrogens is 298 g/mol. The van der Waals surface area contributed by atoms with Crippen molar-refractivity contribution in [3.63, 3.8) is 0 Å². The lowest BCUT2D eigenvalue weighted by atomic mass is 9.90. The highest BCUT2D eigenvalue weighted by Gasteiger charge is 2.36. The number of benzene rings is 1. The first kappa shape index (κ1) is 13.3. The van der Waals surface area contributed by atoms with E-state index in [1.807, 2.05) is 0 Å². The van der Waals surface area contributed by atoms with Crippen molar-refractivity contribution in [2.75, 3.05) is 0 Å². The van der Waals surface area contributed by atoms with Gasteiger partial charge in [-0.25, -0.2) is 0 Å². The van der Waals surface area contributed by atoms with Crippen LogP contribution in [-0.4, -0.2) is 14.9 Å². The summed E-state index contributed by atoms with van der Waals surface area (Å²) >= 11 is 0. The lowest BCUT2D eigenvalue weighted by molar-refractivity contribution is -0.671. The molecule has 1 aliphatic carbocycles. The van der Waals surface area contributed by atoms with Crippen LogP contribution in [0.4, 0.5) is 0 Å². The first-order valence-electron chi connectivity index (χ1n) is 8.43. The van der Waals surface area contributed by atoms with Crippen LogP contribution in [0.1, 0.15) is 17.0 Å². The molecule has 0 saturated heterocycles. The number of pyridine rings is 1. The predicted molar refractivity (Wildman–Crippen MR) is 95.1 cm³/mol. The summed E-state index contributed by atoms with van der Waals surface area (Å²) in [6.07, 6.45) is 11.2. The molecule has 0 spiro atoms. The zero-order valence-corrected chi connectivity index (χ0v) is 14.6. The maximum Gasteiger partial charge on any atom is 0.213 e. The monoisotopic (exact) mass is 318 g/mol. The van der Waals surface area contributed by atoms with Crippen molar-refractivity contribution in [2.24, 2.45) is 0 Å². The van der Waals surface area contributed by atoms with E-state index < -0.39 is 8.80 Å². The van der Waals surface area contributed by atoms with Gasteiger partial charge in [0.15, 0.2) is 12.7 Å². The first-order chi connectivity index (χ1) is 11.2. The summed E-state index contributed by atoms with van der Waals surface area (Å²) in [5.74, 6) is 1.44. The molecule has 114 valence electrons. The van der Waals surface area contributed by atoms with E-state index in [0.29, 0.717) is 5.92 Å². The summed E-state index contributed by atoms with van der Waals surface area (Å²) in [6, 6.07) is 9.27. The zero-order chi connectivity index (χ0) is 15.6. The molecule has 2 unspecified atom stereocenters. The van der Waals surface area contributed by atoms with Crippen molar-refractivity contribution in [1.82, 2.24) is 0 Å². The quantitative estimate of drug-likeness (QED) is 0.497. The van der Waals surface area contributed by atoms with E-state index in [4.69, 9.17) is 4.74 Å². The molecule has 2 aliphatic heterocycles. The zero-order valence-electron chi connectivity index (χ0n) is 13.5. The molecule has 0 saturated carbocycles. The van der Waals surface area contributed by atoms with Crippen LogP contribution in [0, 0.1) is 0 Å². The fraction of sp³-hybridized carbons (Fsp3) is 0.250. The van der Waals surface area contributed by atoms with Crippen LogP contribution in [0.5, 0.6) is 5.75 Å². The Hall–Kier alpha value is -2.13. The van der Waals surface area contributed by atoms with Crippen LogP contribution in [0.15, 0.2) is 54.8 Å². The molecular formula is C20H20NOSi+. The van der Waals surface area contributed by atoms with Gasteiger partial charge in [-0.3, -0.25) is 0 Å². The molecule has 5 rings (SSSR count). The molecule has 0 fully saturated rings. The van der Waals surface area contributed by atoms with Crippen molar-refractivity contribution >= 4 is 14.0 Å². The Morgan fingerprint density at radius 3 is 2.87 bits per heavy atom. The van der Waals surface area contributed by atoms with E-state index in [9.17, 15) is 0 Å². The van der Waals surface area contributed by atoms with E-state index in [-0.39, 0.29) is 6.10 Å². The largest absolute Gasteiger partial charge is 0.485 e. The van der Waals surface area contributed by atoms with Crippen molar-refractivity contribution < 1.29 is 9.30 Å². The highest BCUT2D eigenvalue weighted by molar-refractivity contribution is 6.70. The second-order valence-electron chi connectivity index (χ2n) is 7.06. The number of rotatable bonds is 1. The minimum atomic E-state index is -0.758. The maximum atomic E-state index is 6.16. The van der Waals surface area contributed by atoms with Gasteiger partial charge in [0.1, 0.15) is 11.9 Å². The molecule has 23 heavy (non-hydrogen) atoms. The van der Waals surface area contributed by atoms with Crippen LogP contribution < -0.4 is 14.5 Å². The maximum absolute atomic E-state index is 6.16. The van der Waals surface area contributed by atoms with Crippen molar-refractivity contribution in [2.45, 2.75) is 31.7 Å². The lowest BCUT2D eigenvalue weighted by Crippen LogP contribution is -2.39. The Morgan fingerprint density at radius 2 is 2.00 bits per heavy atom. The molecule has 0 radical (unpaired) electrons. The number of ether oxygens (including phenoxy) is 1. The Morgan fingerprint density at radius 1 is 1.13 bits per heavy atom. The van der Waals surface area contributed by atoms with Crippen molar-refractivity contribution in [1.29, 1.82) is 0 Å². The highest BCUT2D eigenvalue weighted by atomic mass is 28.3.